The van der Waals surface area contributed by atoms with Crippen LogP contribution in [-0.4, -0.2) is 10.9 Å². The van der Waals surface area contributed by atoms with Crippen molar-refractivity contribution in [3.8, 4) is 5.75 Å². The summed E-state index contributed by atoms with van der Waals surface area (Å²) in [6, 6.07) is 13.1. The Hall–Kier alpha value is -1.85. The van der Waals surface area contributed by atoms with E-state index < -0.39 is 6.23 Å². The van der Waals surface area contributed by atoms with E-state index in [0.29, 0.717) is 11.4 Å². The van der Waals surface area contributed by atoms with Crippen LogP contribution in [0.5, 0.6) is 5.75 Å². The summed E-state index contributed by atoms with van der Waals surface area (Å²) in [6.45, 7) is 2.02. The molecule has 5 heteroatoms. The van der Waals surface area contributed by atoms with Gasteiger partial charge in [0, 0.05) is 15.6 Å². The van der Waals surface area contributed by atoms with Crippen LogP contribution in [0.4, 0.5) is 0 Å². The van der Waals surface area contributed by atoms with Crippen molar-refractivity contribution in [3.63, 3.8) is 0 Å². The van der Waals surface area contributed by atoms with Gasteiger partial charge in [0.1, 0.15) is 5.75 Å². The van der Waals surface area contributed by atoms with Crippen LogP contribution in [-0.2, 0) is 4.84 Å². The maximum absolute atomic E-state index is 9.91. The third-order valence-corrected chi connectivity index (χ3v) is 3.66. The van der Waals surface area contributed by atoms with Gasteiger partial charge in [-0.2, -0.15) is 0 Å². The topological polar surface area (TPSA) is 53.9 Å². The second-order valence-corrected chi connectivity index (χ2v) is 5.48. The molecule has 102 valence electrons. The van der Waals surface area contributed by atoms with Crippen LogP contribution in [0.15, 0.2) is 51.9 Å². The fraction of sp³-hybridized carbons (Fsp3) is 0.133. The van der Waals surface area contributed by atoms with Gasteiger partial charge in [0.05, 0.1) is 0 Å². The lowest BCUT2D eigenvalue weighted by molar-refractivity contribution is 0.0362. The molecule has 1 aliphatic heterocycles. The zero-order chi connectivity index (χ0) is 14.1. The Morgan fingerprint density at radius 3 is 2.85 bits per heavy atom. The first-order valence-corrected chi connectivity index (χ1v) is 6.98. The summed E-state index contributed by atoms with van der Waals surface area (Å²) in [5.41, 5.74) is 5.56. The van der Waals surface area contributed by atoms with E-state index >= 15 is 0 Å². The molecule has 4 nitrogen and oxygen atoms in total. The Balaban J connectivity index is 1.96. The van der Waals surface area contributed by atoms with Gasteiger partial charge in [-0.3, -0.25) is 0 Å². The molecule has 0 saturated heterocycles. The highest BCUT2D eigenvalue weighted by Gasteiger charge is 2.24. The number of nitrogens with one attached hydrogen (secondary N) is 1. The number of halogens is 1. The summed E-state index contributed by atoms with van der Waals surface area (Å²) in [5, 5.41) is 9.91. The predicted molar refractivity (Wildman–Crippen MR) is 80.5 cm³/mol. The molecule has 1 heterocycles. The monoisotopic (exact) mass is 332 g/mol. The van der Waals surface area contributed by atoms with Crippen molar-refractivity contribution < 1.29 is 9.94 Å². The number of aliphatic imine (C=N–C) groups is 1. The lowest BCUT2D eigenvalue weighted by atomic mass is 10.1. The molecule has 20 heavy (non-hydrogen) atoms. The maximum Gasteiger partial charge on any atom is 0.206 e. The molecular formula is C15H13BrN2O2. The highest BCUT2D eigenvalue weighted by molar-refractivity contribution is 9.10. The predicted octanol–water partition coefficient (Wildman–Crippen LogP) is 3.44. The van der Waals surface area contributed by atoms with Crippen molar-refractivity contribution in [2.24, 2.45) is 4.99 Å². The molecule has 3 rings (SSSR count). The van der Waals surface area contributed by atoms with Gasteiger partial charge in [0.15, 0.2) is 5.84 Å². The van der Waals surface area contributed by atoms with Crippen LogP contribution < -0.4 is 5.48 Å². The third kappa shape index (κ3) is 2.42. The van der Waals surface area contributed by atoms with Crippen molar-refractivity contribution in [2.45, 2.75) is 13.2 Å². The van der Waals surface area contributed by atoms with E-state index in [1.54, 1.807) is 18.2 Å². The van der Waals surface area contributed by atoms with Gasteiger partial charge >= 0.3 is 0 Å². The molecule has 0 bridgehead atoms. The first-order valence-electron chi connectivity index (χ1n) is 6.19. The number of hydrogen-bond acceptors (Lipinski definition) is 4. The van der Waals surface area contributed by atoms with E-state index in [2.05, 4.69) is 26.4 Å². The zero-order valence-corrected chi connectivity index (χ0v) is 12.4. The number of rotatable bonds is 2. The SMILES string of the molecule is Cc1ccccc1C1=N[C@H](c2cc(Br)ccc2O)ON1. The molecule has 2 N–H and O–H groups in total. The van der Waals surface area contributed by atoms with E-state index in [-0.39, 0.29) is 5.75 Å². The maximum atomic E-state index is 9.91. The summed E-state index contributed by atoms with van der Waals surface area (Å²) in [6.07, 6.45) is -0.554. The Bertz CT molecular complexity index is 685. The Labute approximate surface area is 125 Å². The summed E-state index contributed by atoms with van der Waals surface area (Å²) >= 11 is 3.38. The zero-order valence-electron chi connectivity index (χ0n) is 10.8. The molecule has 1 aliphatic rings. The van der Waals surface area contributed by atoms with Crippen LogP contribution >= 0.6 is 15.9 Å². The molecule has 0 radical (unpaired) electrons. The van der Waals surface area contributed by atoms with Gasteiger partial charge in [-0.25, -0.2) is 15.3 Å². The average Bonchev–Trinajstić information content (AvgIpc) is 2.91. The number of hydrogen-bond donors (Lipinski definition) is 2. The standard InChI is InChI=1S/C15H13BrN2O2/c1-9-4-2-3-5-11(9)14-17-15(20-18-14)12-8-10(16)6-7-13(12)19/h2-8,15,19H,1H3,(H,17,18)/t15-/m0/s1. The molecule has 2 aromatic rings. The minimum Gasteiger partial charge on any atom is -0.507 e. The summed E-state index contributed by atoms with van der Waals surface area (Å²) < 4.78 is 0.869. The number of amidine groups is 1. The Morgan fingerprint density at radius 2 is 2.05 bits per heavy atom. The number of benzene rings is 2. The first-order chi connectivity index (χ1) is 9.65. The van der Waals surface area contributed by atoms with Crippen LogP contribution in [0.25, 0.3) is 0 Å². The number of aromatic hydroxyl groups is 1. The minimum absolute atomic E-state index is 0.162. The number of aryl methyl sites for hydroxylation is 1. The van der Waals surface area contributed by atoms with Gasteiger partial charge in [-0.15, -0.1) is 0 Å². The minimum atomic E-state index is -0.554. The van der Waals surface area contributed by atoms with E-state index in [1.165, 1.54) is 0 Å². The van der Waals surface area contributed by atoms with Crippen molar-refractivity contribution in [1.29, 1.82) is 0 Å². The molecule has 0 fully saturated rings. The van der Waals surface area contributed by atoms with Crippen LogP contribution in [0.2, 0.25) is 0 Å². The third-order valence-electron chi connectivity index (χ3n) is 3.17. The molecule has 1 atom stereocenters. The first kappa shape index (κ1) is 13.1. The molecule has 0 amide bonds. The number of hydroxylamine groups is 1. The normalized spacial score (nSPS) is 17.7. The number of phenolic OH excluding ortho intramolecular Hbond substituents is 1. The second-order valence-electron chi connectivity index (χ2n) is 4.57. The van der Waals surface area contributed by atoms with Crippen molar-refractivity contribution in [1.82, 2.24) is 5.48 Å². The van der Waals surface area contributed by atoms with E-state index in [1.807, 2.05) is 31.2 Å². The van der Waals surface area contributed by atoms with Gasteiger partial charge in [0.25, 0.3) is 0 Å². The number of phenols is 1. The van der Waals surface area contributed by atoms with E-state index in [0.717, 1.165) is 15.6 Å². The lowest BCUT2D eigenvalue weighted by Crippen LogP contribution is -2.19. The van der Waals surface area contributed by atoms with Crippen LogP contribution in [0.3, 0.4) is 0 Å². The summed E-state index contributed by atoms with van der Waals surface area (Å²) in [5.74, 6) is 0.835. The highest BCUT2D eigenvalue weighted by atomic mass is 79.9. The van der Waals surface area contributed by atoms with Gasteiger partial charge < -0.3 is 5.11 Å². The molecule has 2 aromatic carbocycles. The van der Waals surface area contributed by atoms with Crippen molar-refractivity contribution >= 4 is 21.8 Å². The second kappa shape index (κ2) is 5.26. The highest BCUT2D eigenvalue weighted by Crippen LogP contribution is 2.32. The Morgan fingerprint density at radius 1 is 1.25 bits per heavy atom. The van der Waals surface area contributed by atoms with Crippen LogP contribution in [0, 0.1) is 6.92 Å². The summed E-state index contributed by atoms with van der Waals surface area (Å²) in [7, 11) is 0. The molecular weight excluding hydrogens is 320 g/mol. The number of nitrogens with zero attached hydrogens (tertiary/aromatic N) is 1. The van der Waals surface area contributed by atoms with Crippen molar-refractivity contribution in [2.75, 3.05) is 0 Å². The quantitative estimate of drug-likeness (QED) is 0.885. The fourth-order valence-electron chi connectivity index (χ4n) is 2.10. The van der Waals surface area contributed by atoms with Crippen LogP contribution in [0.1, 0.15) is 22.9 Å². The molecule has 0 aliphatic carbocycles. The fourth-order valence-corrected chi connectivity index (χ4v) is 2.48. The van der Waals surface area contributed by atoms with E-state index in [4.69, 9.17) is 4.84 Å². The smallest absolute Gasteiger partial charge is 0.206 e. The molecule has 0 spiro atoms. The van der Waals surface area contributed by atoms with Gasteiger partial charge in [0.2, 0.25) is 6.23 Å². The van der Waals surface area contributed by atoms with Gasteiger partial charge in [-0.05, 0) is 30.7 Å². The summed E-state index contributed by atoms with van der Waals surface area (Å²) in [4.78, 5) is 9.96. The van der Waals surface area contributed by atoms with Crippen molar-refractivity contribution in [3.05, 3.63) is 63.6 Å². The molecule has 0 saturated carbocycles. The average molecular weight is 333 g/mol. The van der Waals surface area contributed by atoms with Gasteiger partial charge in [-0.1, -0.05) is 40.2 Å². The lowest BCUT2D eigenvalue weighted by Gasteiger charge is -2.08. The van der Waals surface area contributed by atoms with E-state index in [9.17, 15) is 5.11 Å². The molecule has 0 unspecified atom stereocenters. The Kier molecular flexibility index (Phi) is 3.46. The largest absolute Gasteiger partial charge is 0.507 e. The molecule has 0 aromatic heterocycles.